The van der Waals surface area contributed by atoms with E-state index in [2.05, 4.69) is 43.9 Å². The van der Waals surface area contributed by atoms with Gasteiger partial charge in [0.25, 0.3) is 0 Å². The minimum atomic E-state index is 0.147. The lowest BCUT2D eigenvalue weighted by Gasteiger charge is -2.24. The number of hydrogen-bond donors (Lipinski definition) is 1. The maximum Gasteiger partial charge on any atom is 0.0424 e. The van der Waals surface area contributed by atoms with E-state index in [1.807, 2.05) is 0 Å². The molecule has 0 radical (unpaired) electrons. The number of nitrogens with zero attached hydrogens (tertiary/aromatic N) is 1. The van der Waals surface area contributed by atoms with Crippen LogP contribution in [0.2, 0.25) is 0 Å². The summed E-state index contributed by atoms with van der Waals surface area (Å²) in [5, 5.41) is 0. The predicted octanol–water partition coefficient (Wildman–Crippen LogP) is 2.79. The zero-order valence-electron chi connectivity index (χ0n) is 11.2. The van der Waals surface area contributed by atoms with Crippen LogP contribution in [0.3, 0.4) is 0 Å². The Morgan fingerprint density at radius 3 is 2.29 bits per heavy atom. The van der Waals surface area contributed by atoms with E-state index in [4.69, 9.17) is 5.73 Å². The van der Waals surface area contributed by atoms with Crippen LogP contribution >= 0.6 is 0 Å². The van der Waals surface area contributed by atoms with Crippen LogP contribution in [0.25, 0.3) is 0 Å². The van der Waals surface area contributed by atoms with Gasteiger partial charge in [0, 0.05) is 18.6 Å². The van der Waals surface area contributed by atoms with Gasteiger partial charge in [-0.1, -0.05) is 36.2 Å². The minimum Gasteiger partial charge on any atom is -0.323 e. The molecule has 1 aliphatic rings. The lowest BCUT2D eigenvalue weighted by Crippen LogP contribution is -2.33. The molecule has 94 valence electrons. The second-order valence-electron chi connectivity index (χ2n) is 5.35. The predicted molar refractivity (Wildman–Crippen MR) is 73.1 cm³/mol. The molecule has 1 fully saturated rings. The summed E-state index contributed by atoms with van der Waals surface area (Å²) in [6, 6.07) is 7.59. The summed E-state index contributed by atoms with van der Waals surface area (Å²) in [6.45, 7) is 8.61. The van der Waals surface area contributed by atoms with Crippen LogP contribution in [-0.4, -0.2) is 24.0 Å². The largest absolute Gasteiger partial charge is 0.323 e. The summed E-state index contributed by atoms with van der Waals surface area (Å²) in [6.07, 6.45) is 2.71. The van der Waals surface area contributed by atoms with Crippen molar-refractivity contribution in [3.8, 4) is 0 Å². The Kier molecular flexibility index (Phi) is 3.85. The van der Waals surface area contributed by atoms with Gasteiger partial charge in [-0.15, -0.1) is 0 Å². The monoisotopic (exact) mass is 232 g/mol. The summed E-state index contributed by atoms with van der Waals surface area (Å²) in [4.78, 5) is 2.52. The van der Waals surface area contributed by atoms with Crippen molar-refractivity contribution in [2.75, 3.05) is 13.1 Å². The van der Waals surface area contributed by atoms with E-state index < -0.39 is 0 Å². The smallest absolute Gasteiger partial charge is 0.0424 e. The standard InChI is InChI=1S/C15H24N2/c1-4-17(14-5-6-14)10-15(16)13-8-11(2)7-12(3)9-13/h7-9,14-15H,4-6,10,16H2,1-3H3. The van der Waals surface area contributed by atoms with Crippen molar-refractivity contribution in [3.63, 3.8) is 0 Å². The second kappa shape index (κ2) is 5.19. The second-order valence-corrected chi connectivity index (χ2v) is 5.35. The average Bonchev–Trinajstić information content (AvgIpc) is 3.08. The molecule has 0 amide bonds. The van der Waals surface area contributed by atoms with Gasteiger partial charge >= 0.3 is 0 Å². The number of aryl methyl sites for hydroxylation is 2. The highest BCUT2D eigenvalue weighted by molar-refractivity contribution is 5.30. The van der Waals surface area contributed by atoms with Gasteiger partial charge in [-0.3, -0.25) is 4.90 Å². The highest BCUT2D eigenvalue weighted by atomic mass is 15.2. The number of benzene rings is 1. The fraction of sp³-hybridized carbons (Fsp3) is 0.600. The van der Waals surface area contributed by atoms with Crippen LogP contribution in [0.4, 0.5) is 0 Å². The number of nitrogens with two attached hydrogens (primary N) is 1. The van der Waals surface area contributed by atoms with Crippen molar-refractivity contribution in [1.29, 1.82) is 0 Å². The third kappa shape index (κ3) is 3.30. The SMILES string of the molecule is CCN(CC(N)c1cc(C)cc(C)c1)C1CC1. The lowest BCUT2D eigenvalue weighted by molar-refractivity contribution is 0.260. The minimum absolute atomic E-state index is 0.147. The Morgan fingerprint density at radius 1 is 1.24 bits per heavy atom. The molecule has 0 heterocycles. The number of likely N-dealkylation sites (N-methyl/N-ethyl adjacent to an activating group) is 1. The molecule has 1 saturated carbocycles. The van der Waals surface area contributed by atoms with Crippen molar-refractivity contribution < 1.29 is 0 Å². The van der Waals surface area contributed by atoms with E-state index in [9.17, 15) is 0 Å². The van der Waals surface area contributed by atoms with Crippen LogP contribution in [0.5, 0.6) is 0 Å². The van der Waals surface area contributed by atoms with Gasteiger partial charge < -0.3 is 5.73 Å². The molecule has 2 nitrogen and oxygen atoms in total. The molecule has 2 N–H and O–H groups in total. The highest BCUT2D eigenvalue weighted by Crippen LogP contribution is 2.28. The molecule has 0 saturated heterocycles. The first-order valence-electron chi connectivity index (χ1n) is 6.68. The average molecular weight is 232 g/mol. The summed E-state index contributed by atoms with van der Waals surface area (Å²) in [5.41, 5.74) is 10.2. The molecule has 1 atom stereocenters. The Bertz CT molecular complexity index is 362. The third-order valence-electron chi connectivity index (χ3n) is 3.57. The highest BCUT2D eigenvalue weighted by Gasteiger charge is 2.28. The maximum absolute atomic E-state index is 6.33. The molecule has 1 unspecified atom stereocenters. The molecule has 2 heteroatoms. The molecule has 2 rings (SSSR count). The number of hydrogen-bond acceptors (Lipinski definition) is 2. The first kappa shape index (κ1) is 12.6. The Balaban J connectivity index is 2.04. The molecular weight excluding hydrogens is 208 g/mol. The van der Waals surface area contributed by atoms with Gasteiger partial charge in [-0.05, 0) is 38.8 Å². The fourth-order valence-corrected chi connectivity index (χ4v) is 2.56. The molecular formula is C15H24N2. The molecule has 17 heavy (non-hydrogen) atoms. The lowest BCUT2D eigenvalue weighted by atomic mass is 10.0. The van der Waals surface area contributed by atoms with Gasteiger partial charge in [0.05, 0.1) is 0 Å². The Labute approximate surface area is 105 Å². The normalized spacial score (nSPS) is 17.5. The van der Waals surface area contributed by atoms with E-state index in [0.29, 0.717) is 0 Å². The van der Waals surface area contributed by atoms with Crippen molar-refractivity contribution in [3.05, 3.63) is 34.9 Å². The molecule has 0 aromatic heterocycles. The van der Waals surface area contributed by atoms with E-state index in [1.165, 1.54) is 29.5 Å². The van der Waals surface area contributed by atoms with Gasteiger partial charge in [0.2, 0.25) is 0 Å². The van der Waals surface area contributed by atoms with Crippen molar-refractivity contribution in [2.45, 2.75) is 45.7 Å². The Hall–Kier alpha value is -0.860. The van der Waals surface area contributed by atoms with E-state index >= 15 is 0 Å². The Morgan fingerprint density at radius 2 is 1.82 bits per heavy atom. The van der Waals surface area contributed by atoms with E-state index in [0.717, 1.165) is 19.1 Å². The summed E-state index contributed by atoms with van der Waals surface area (Å²) < 4.78 is 0. The first-order valence-corrected chi connectivity index (χ1v) is 6.68. The van der Waals surface area contributed by atoms with Crippen LogP contribution in [-0.2, 0) is 0 Å². The third-order valence-corrected chi connectivity index (χ3v) is 3.57. The summed E-state index contributed by atoms with van der Waals surface area (Å²) in [5.74, 6) is 0. The molecule has 1 aromatic carbocycles. The van der Waals surface area contributed by atoms with Crippen LogP contribution in [0.15, 0.2) is 18.2 Å². The van der Waals surface area contributed by atoms with Crippen molar-refractivity contribution in [1.82, 2.24) is 4.90 Å². The van der Waals surface area contributed by atoms with E-state index in [1.54, 1.807) is 0 Å². The molecule has 0 bridgehead atoms. The maximum atomic E-state index is 6.33. The van der Waals surface area contributed by atoms with E-state index in [-0.39, 0.29) is 6.04 Å². The fourth-order valence-electron chi connectivity index (χ4n) is 2.56. The molecule has 0 aliphatic heterocycles. The van der Waals surface area contributed by atoms with Crippen LogP contribution < -0.4 is 5.73 Å². The first-order chi connectivity index (χ1) is 8.10. The zero-order valence-corrected chi connectivity index (χ0v) is 11.2. The van der Waals surface area contributed by atoms with Crippen LogP contribution in [0.1, 0.15) is 42.5 Å². The summed E-state index contributed by atoms with van der Waals surface area (Å²) in [7, 11) is 0. The van der Waals surface area contributed by atoms with Crippen molar-refractivity contribution in [2.24, 2.45) is 5.73 Å². The quantitative estimate of drug-likeness (QED) is 0.846. The van der Waals surface area contributed by atoms with Crippen molar-refractivity contribution >= 4 is 0 Å². The van der Waals surface area contributed by atoms with Gasteiger partial charge in [-0.2, -0.15) is 0 Å². The van der Waals surface area contributed by atoms with Crippen LogP contribution in [0, 0.1) is 13.8 Å². The molecule has 0 spiro atoms. The summed E-state index contributed by atoms with van der Waals surface area (Å²) >= 11 is 0. The molecule has 1 aliphatic carbocycles. The van der Waals surface area contributed by atoms with Gasteiger partial charge in [0.15, 0.2) is 0 Å². The van der Waals surface area contributed by atoms with Gasteiger partial charge in [-0.25, -0.2) is 0 Å². The topological polar surface area (TPSA) is 29.3 Å². The van der Waals surface area contributed by atoms with Gasteiger partial charge in [0.1, 0.15) is 0 Å². The molecule has 1 aromatic rings. The zero-order chi connectivity index (χ0) is 12.4. The number of rotatable bonds is 5.